The number of rotatable bonds is 6. The maximum atomic E-state index is 12.3. The minimum absolute atomic E-state index is 0.0737. The molecule has 0 aromatic heterocycles. The van der Waals surface area contributed by atoms with Crippen LogP contribution in [-0.2, 0) is 4.79 Å². The number of unbranched alkanes of at least 4 members (excludes halogenated alkanes) is 1. The van der Waals surface area contributed by atoms with Gasteiger partial charge < -0.3 is 15.4 Å². The SMILES string of the molecule is CCCC[C@@H](N)C(=O)N1CCC(Oc2ccccc2Cl)CC1. The van der Waals surface area contributed by atoms with Crippen molar-refractivity contribution < 1.29 is 9.53 Å². The molecule has 0 spiro atoms. The molecule has 1 saturated heterocycles. The second kappa shape index (κ2) is 8.39. The first-order valence-corrected chi connectivity index (χ1v) is 8.45. The van der Waals surface area contributed by atoms with Crippen molar-refractivity contribution in [2.45, 2.75) is 51.2 Å². The minimum atomic E-state index is -0.360. The van der Waals surface area contributed by atoms with Crippen molar-refractivity contribution in [3.63, 3.8) is 0 Å². The molecule has 1 aromatic carbocycles. The number of carbonyl (C=O) groups excluding carboxylic acids is 1. The maximum absolute atomic E-state index is 12.3. The molecule has 1 heterocycles. The molecule has 0 unspecified atom stereocenters. The van der Waals surface area contributed by atoms with Crippen LogP contribution in [0.5, 0.6) is 5.75 Å². The predicted molar refractivity (Wildman–Crippen MR) is 89.2 cm³/mol. The van der Waals surface area contributed by atoms with Crippen LogP contribution in [0.1, 0.15) is 39.0 Å². The fraction of sp³-hybridized carbons (Fsp3) is 0.588. The lowest BCUT2D eigenvalue weighted by atomic mass is 10.0. The fourth-order valence-electron chi connectivity index (χ4n) is 2.70. The quantitative estimate of drug-likeness (QED) is 0.874. The summed E-state index contributed by atoms with van der Waals surface area (Å²) in [4.78, 5) is 14.1. The molecule has 1 aromatic rings. The van der Waals surface area contributed by atoms with Gasteiger partial charge in [-0.25, -0.2) is 0 Å². The molecule has 122 valence electrons. The number of ether oxygens (including phenoxy) is 1. The maximum Gasteiger partial charge on any atom is 0.239 e. The van der Waals surface area contributed by atoms with Crippen LogP contribution < -0.4 is 10.5 Å². The van der Waals surface area contributed by atoms with E-state index in [4.69, 9.17) is 22.1 Å². The second-order valence-electron chi connectivity index (χ2n) is 5.82. The first-order chi connectivity index (χ1) is 10.6. The summed E-state index contributed by atoms with van der Waals surface area (Å²) >= 11 is 6.11. The van der Waals surface area contributed by atoms with Crippen LogP contribution in [0.15, 0.2) is 24.3 Å². The molecule has 1 aliphatic rings. The molecule has 0 bridgehead atoms. The van der Waals surface area contributed by atoms with Gasteiger partial charge in [-0.3, -0.25) is 4.79 Å². The fourth-order valence-corrected chi connectivity index (χ4v) is 2.88. The van der Waals surface area contributed by atoms with E-state index in [1.54, 1.807) is 0 Å². The molecule has 0 saturated carbocycles. The summed E-state index contributed by atoms with van der Waals surface area (Å²) in [6, 6.07) is 7.13. The van der Waals surface area contributed by atoms with E-state index in [2.05, 4.69) is 6.92 Å². The van der Waals surface area contributed by atoms with Gasteiger partial charge in [0.15, 0.2) is 0 Å². The standard InChI is InChI=1S/C17H25ClN2O2/c1-2-3-7-15(19)17(21)20-11-9-13(10-12-20)22-16-8-5-4-6-14(16)18/h4-6,8,13,15H,2-3,7,9-12,19H2,1H3/t15-/m1/s1. The summed E-state index contributed by atoms with van der Waals surface area (Å²) < 4.78 is 5.94. The van der Waals surface area contributed by atoms with Gasteiger partial charge in [0.25, 0.3) is 0 Å². The van der Waals surface area contributed by atoms with Gasteiger partial charge in [0.05, 0.1) is 11.1 Å². The van der Waals surface area contributed by atoms with Crippen LogP contribution in [-0.4, -0.2) is 36.0 Å². The van der Waals surface area contributed by atoms with Crippen molar-refractivity contribution in [2.24, 2.45) is 5.73 Å². The van der Waals surface area contributed by atoms with Crippen molar-refractivity contribution in [2.75, 3.05) is 13.1 Å². The van der Waals surface area contributed by atoms with E-state index in [1.807, 2.05) is 29.2 Å². The summed E-state index contributed by atoms with van der Waals surface area (Å²) in [5.41, 5.74) is 5.97. The Hall–Kier alpha value is -1.26. The zero-order valence-electron chi connectivity index (χ0n) is 13.1. The van der Waals surface area contributed by atoms with Crippen molar-refractivity contribution >= 4 is 17.5 Å². The Morgan fingerprint density at radius 2 is 2.09 bits per heavy atom. The topological polar surface area (TPSA) is 55.6 Å². The Morgan fingerprint density at radius 3 is 2.73 bits per heavy atom. The van der Waals surface area contributed by atoms with Crippen molar-refractivity contribution in [3.05, 3.63) is 29.3 Å². The number of amides is 1. The van der Waals surface area contributed by atoms with Gasteiger partial charge >= 0.3 is 0 Å². The molecule has 1 fully saturated rings. The van der Waals surface area contributed by atoms with E-state index in [9.17, 15) is 4.79 Å². The van der Waals surface area contributed by atoms with Crippen molar-refractivity contribution in [1.82, 2.24) is 4.90 Å². The molecule has 4 nitrogen and oxygen atoms in total. The van der Waals surface area contributed by atoms with Crippen LogP contribution in [0, 0.1) is 0 Å². The largest absolute Gasteiger partial charge is 0.489 e. The van der Waals surface area contributed by atoms with Gasteiger partial charge in [0.1, 0.15) is 11.9 Å². The molecule has 1 aliphatic heterocycles. The number of halogens is 1. The van der Waals surface area contributed by atoms with E-state index in [0.717, 1.165) is 32.1 Å². The van der Waals surface area contributed by atoms with Crippen molar-refractivity contribution in [3.8, 4) is 5.75 Å². The van der Waals surface area contributed by atoms with Gasteiger partial charge in [-0.2, -0.15) is 0 Å². The summed E-state index contributed by atoms with van der Waals surface area (Å²) in [5.74, 6) is 0.790. The lowest BCUT2D eigenvalue weighted by molar-refractivity contribution is -0.134. The molecule has 5 heteroatoms. The number of piperidine rings is 1. The highest BCUT2D eigenvalue weighted by Crippen LogP contribution is 2.26. The second-order valence-corrected chi connectivity index (χ2v) is 6.23. The highest BCUT2D eigenvalue weighted by Gasteiger charge is 2.27. The number of hydrogen-bond acceptors (Lipinski definition) is 3. The molecule has 22 heavy (non-hydrogen) atoms. The Labute approximate surface area is 137 Å². The monoisotopic (exact) mass is 324 g/mol. The van der Waals surface area contributed by atoms with Gasteiger partial charge in [0.2, 0.25) is 5.91 Å². The Balaban J connectivity index is 1.80. The molecular formula is C17H25ClN2O2. The van der Waals surface area contributed by atoms with Crippen LogP contribution in [0.3, 0.4) is 0 Å². The Kier molecular flexibility index (Phi) is 6.52. The van der Waals surface area contributed by atoms with Gasteiger partial charge in [-0.1, -0.05) is 43.5 Å². The van der Waals surface area contributed by atoms with Crippen LogP contribution in [0.4, 0.5) is 0 Å². The third-order valence-corrected chi connectivity index (χ3v) is 4.38. The summed E-state index contributed by atoms with van der Waals surface area (Å²) in [6.07, 6.45) is 4.57. The molecular weight excluding hydrogens is 300 g/mol. The third-order valence-electron chi connectivity index (χ3n) is 4.07. The average molecular weight is 325 g/mol. The van der Waals surface area contributed by atoms with Crippen LogP contribution in [0.2, 0.25) is 5.02 Å². The molecule has 1 atom stereocenters. The lowest BCUT2D eigenvalue weighted by Crippen LogP contribution is -2.48. The summed E-state index contributed by atoms with van der Waals surface area (Å²) in [6.45, 7) is 3.51. The average Bonchev–Trinajstić information content (AvgIpc) is 2.55. The minimum Gasteiger partial charge on any atom is -0.489 e. The number of para-hydroxylation sites is 1. The predicted octanol–water partition coefficient (Wildman–Crippen LogP) is 3.23. The summed E-state index contributed by atoms with van der Waals surface area (Å²) in [5, 5.41) is 0.627. The Bertz CT molecular complexity index is 487. The van der Waals surface area contributed by atoms with Crippen molar-refractivity contribution in [1.29, 1.82) is 0 Å². The zero-order valence-corrected chi connectivity index (χ0v) is 13.9. The number of carbonyl (C=O) groups is 1. The third kappa shape index (κ3) is 4.62. The summed E-state index contributed by atoms with van der Waals surface area (Å²) in [7, 11) is 0. The lowest BCUT2D eigenvalue weighted by Gasteiger charge is -2.33. The van der Waals surface area contributed by atoms with Crippen LogP contribution >= 0.6 is 11.6 Å². The zero-order chi connectivity index (χ0) is 15.9. The van der Waals surface area contributed by atoms with E-state index < -0.39 is 0 Å². The van der Waals surface area contributed by atoms with E-state index >= 15 is 0 Å². The number of nitrogens with two attached hydrogens (primary N) is 1. The van der Waals surface area contributed by atoms with Gasteiger partial charge in [-0.05, 0) is 18.6 Å². The normalized spacial score (nSPS) is 17.3. The molecule has 0 aliphatic carbocycles. The first kappa shape index (κ1) is 17.1. The number of hydrogen-bond donors (Lipinski definition) is 1. The van der Waals surface area contributed by atoms with E-state index in [1.165, 1.54) is 0 Å². The first-order valence-electron chi connectivity index (χ1n) is 8.07. The van der Waals surface area contributed by atoms with E-state index in [0.29, 0.717) is 23.9 Å². The smallest absolute Gasteiger partial charge is 0.239 e. The molecule has 1 amide bonds. The molecule has 2 N–H and O–H groups in total. The highest BCUT2D eigenvalue weighted by atomic mass is 35.5. The number of benzene rings is 1. The molecule has 2 rings (SSSR count). The van der Waals surface area contributed by atoms with E-state index in [-0.39, 0.29) is 18.1 Å². The Morgan fingerprint density at radius 1 is 1.41 bits per heavy atom. The number of likely N-dealkylation sites (tertiary alicyclic amines) is 1. The highest BCUT2D eigenvalue weighted by molar-refractivity contribution is 6.32. The van der Waals surface area contributed by atoms with Crippen LogP contribution in [0.25, 0.3) is 0 Å². The molecule has 0 radical (unpaired) electrons. The van der Waals surface area contributed by atoms with Gasteiger partial charge in [0, 0.05) is 25.9 Å². The van der Waals surface area contributed by atoms with Gasteiger partial charge in [-0.15, -0.1) is 0 Å². The number of nitrogens with zero attached hydrogens (tertiary/aromatic N) is 1.